The first-order chi connectivity index (χ1) is 5.41. The summed E-state index contributed by atoms with van der Waals surface area (Å²) in [5.41, 5.74) is 5.22. The maximum atomic E-state index is 7.04. The zero-order valence-electron chi connectivity index (χ0n) is 7.43. The van der Waals surface area contributed by atoms with Gasteiger partial charge in [0, 0.05) is 4.11 Å². The average molecular weight is 147 g/mol. The van der Waals surface area contributed by atoms with Crippen molar-refractivity contribution in [2.75, 3.05) is 5.73 Å². The quantitative estimate of drug-likeness (QED) is 0.595. The van der Waals surface area contributed by atoms with E-state index in [0.717, 1.165) is 0 Å². The van der Waals surface area contributed by atoms with Crippen LogP contribution in [0.3, 0.4) is 0 Å². The molecule has 48 valence electrons. The van der Waals surface area contributed by atoms with Gasteiger partial charge in [-0.2, -0.15) is 0 Å². The molecular weight excluding hydrogens is 138 g/mol. The molecule has 9 heavy (non-hydrogen) atoms. The molecule has 0 saturated heterocycles. The molecule has 0 bridgehead atoms. The van der Waals surface area contributed by atoms with E-state index in [9.17, 15) is 0 Å². The number of aryl methyl sites for hydroxylation is 1. The first-order valence-electron chi connectivity index (χ1n) is 3.70. The van der Waals surface area contributed by atoms with E-state index in [0.29, 0.717) is 0 Å². The number of anilines is 1. The smallest absolute Gasteiger partial charge is 0.152 e. The second kappa shape index (κ2) is 2.19. The summed E-state index contributed by atoms with van der Waals surface area (Å²) in [5.74, 6) is -0.112. The molecule has 1 rings (SSSR count). The summed E-state index contributed by atoms with van der Waals surface area (Å²) in [6.45, 7) is -2.29. The maximum absolute atomic E-state index is 7.04. The monoisotopic (exact) mass is 146 g/mol. The number of nitrogens with two attached hydrogens (primary N) is 1. The molecule has 0 unspecified atom stereocenters. The van der Waals surface area contributed by atoms with E-state index >= 15 is 0 Å². The van der Waals surface area contributed by atoms with E-state index in [2.05, 4.69) is 10.2 Å². The Kier molecular flexibility index (Phi) is 0.818. The first kappa shape index (κ1) is 3.37. The molecule has 0 spiro atoms. The fraction of sp³-hybridized carbons (Fsp3) is 0.200. The molecule has 0 saturated carbocycles. The van der Waals surface area contributed by atoms with Crippen molar-refractivity contribution in [3.8, 4) is 0 Å². The summed E-state index contributed by atoms with van der Waals surface area (Å²) in [4.78, 5) is 0. The molecule has 1 heterocycles. The molecule has 4 heteroatoms. The molecule has 0 radical (unpaired) electrons. The lowest BCUT2D eigenvalue weighted by Gasteiger charge is -1.94. The highest BCUT2D eigenvalue weighted by molar-refractivity contribution is 6.29. The van der Waals surface area contributed by atoms with Crippen molar-refractivity contribution in [1.29, 1.82) is 0 Å². The van der Waals surface area contributed by atoms with Gasteiger partial charge in [0.25, 0.3) is 0 Å². The van der Waals surface area contributed by atoms with Gasteiger partial charge in [0.1, 0.15) is 5.82 Å². The Morgan fingerprint density at radius 1 is 1.78 bits per heavy atom. The van der Waals surface area contributed by atoms with Crippen molar-refractivity contribution in [1.82, 2.24) is 10.2 Å². The average Bonchev–Trinajstić information content (AvgIpc) is 1.92. The van der Waals surface area contributed by atoms with Gasteiger partial charge >= 0.3 is 0 Å². The molecule has 0 amide bonds. The largest absolute Gasteiger partial charge is 0.382 e. The molecule has 0 aliphatic heterocycles. The summed E-state index contributed by atoms with van der Waals surface area (Å²) in [6.07, 6.45) is 0. The summed E-state index contributed by atoms with van der Waals surface area (Å²) < 4.78 is 21.1. The van der Waals surface area contributed by atoms with E-state index in [-0.39, 0.29) is 16.5 Å². The number of aromatic nitrogens is 2. The van der Waals surface area contributed by atoms with Gasteiger partial charge in [-0.05, 0) is 18.5 Å². The van der Waals surface area contributed by atoms with Crippen LogP contribution in [0, 0.1) is 6.85 Å². The highest BCUT2D eigenvalue weighted by Crippen LogP contribution is 2.09. The van der Waals surface area contributed by atoms with E-state index in [1.165, 1.54) is 6.07 Å². The van der Waals surface area contributed by atoms with Crippen molar-refractivity contribution >= 4 is 17.4 Å². The lowest BCUT2D eigenvalue weighted by Crippen LogP contribution is -1.95. The standard InChI is InChI=1S/C5H6ClN3/c1-3-2-4(6)8-9-5(3)7/h2H,1H3,(H2,7,9)/i1D3. The van der Waals surface area contributed by atoms with E-state index in [1.54, 1.807) is 0 Å². The normalized spacial score (nSPS) is 15.9. The second-order valence-corrected chi connectivity index (χ2v) is 1.85. The lowest BCUT2D eigenvalue weighted by molar-refractivity contribution is 1.03. The van der Waals surface area contributed by atoms with Crippen LogP contribution >= 0.6 is 11.6 Å². The van der Waals surface area contributed by atoms with Crippen molar-refractivity contribution in [2.45, 2.75) is 6.85 Å². The minimum absolute atomic E-state index is 0.0234. The fourth-order valence-corrected chi connectivity index (χ4v) is 0.524. The Labute approximate surface area is 62.1 Å². The highest BCUT2D eigenvalue weighted by Gasteiger charge is 1.94. The summed E-state index contributed by atoms with van der Waals surface area (Å²) in [6, 6.07) is 1.19. The van der Waals surface area contributed by atoms with Gasteiger partial charge in [-0.15, -0.1) is 10.2 Å². The van der Waals surface area contributed by atoms with Crippen LogP contribution in [0.2, 0.25) is 5.15 Å². The molecule has 0 atom stereocenters. The number of rotatable bonds is 0. The van der Waals surface area contributed by atoms with Crippen LogP contribution in [0.4, 0.5) is 5.82 Å². The van der Waals surface area contributed by atoms with Gasteiger partial charge in [-0.25, -0.2) is 0 Å². The number of hydrogen-bond donors (Lipinski definition) is 1. The molecule has 1 aromatic rings. The van der Waals surface area contributed by atoms with Crippen LogP contribution in [0.15, 0.2) is 6.07 Å². The molecule has 2 N–H and O–H groups in total. The Balaban J connectivity index is 3.23. The Bertz CT molecular complexity index is 298. The first-order valence-corrected chi connectivity index (χ1v) is 2.58. The van der Waals surface area contributed by atoms with Crippen molar-refractivity contribution in [3.63, 3.8) is 0 Å². The van der Waals surface area contributed by atoms with Crippen molar-refractivity contribution < 1.29 is 4.11 Å². The molecule has 1 aromatic heterocycles. The summed E-state index contributed by atoms with van der Waals surface area (Å²) in [5, 5.41) is 6.80. The van der Waals surface area contributed by atoms with Crippen molar-refractivity contribution in [3.05, 3.63) is 16.8 Å². The Morgan fingerprint density at radius 3 is 3.11 bits per heavy atom. The third-order valence-corrected chi connectivity index (χ3v) is 0.977. The summed E-state index contributed by atoms with van der Waals surface area (Å²) >= 11 is 5.44. The second-order valence-electron chi connectivity index (χ2n) is 1.47. The SMILES string of the molecule is [2H]C([2H])([2H])c1cc(Cl)nnc1N. The minimum atomic E-state index is -2.29. The molecule has 0 aliphatic rings. The zero-order valence-corrected chi connectivity index (χ0v) is 5.18. The van der Waals surface area contributed by atoms with Gasteiger partial charge in [0.15, 0.2) is 5.15 Å². The van der Waals surface area contributed by atoms with Crippen LogP contribution in [0.25, 0.3) is 0 Å². The predicted octanol–water partition coefficient (Wildman–Crippen LogP) is 1.02. The van der Waals surface area contributed by atoms with Gasteiger partial charge < -0.3 is 5.73 Å². The number of nitrogen functional groups attached to an aromatic ring is 1. The van der Waals surface area contributed by atoms with Crippen LogP contribution in [-0.2, 0) is 0 Å². The van der Waals surface area contributed by atoms with Crippen LogP contribution < -0.4 is 5.73 Å². The van der Waals surface area contributed by atoms with Gasteiger partial charge in [-0.3, -0.25) is 0 Å². The molecule has 0 aliphatic carbocycles. The van der Waals surface area contributed by atoms with Crippen LogP contribution in [0.1, 0.15) is 9.68 Å². The third-order valence-electron chi connectivity index (χ3n) is 0.793. The van der Waals surface area contributed by atoms with Gasteiger partial charge in [-0.1, -0.05) is 11.6 Å². The van der Waals surface area contributed by atoms with Gasteiger partial charge in [0.05, 0.1) is 0 Å². The van der Waals surface area contributed by atoms with Gasteiger partial charge in [0.2, 0.25) is 0 Å². The topological polar surface area (TPSA) is 51.8 Å². The van der Waals surface area contributed by atoms with E-state index < -0.39 is 6.85 Å². The molecular formula is C5H6ClN3. The minimum Gasteiger partial charge on any atom is -0.382 e. The van der Waals surface area contributed by atoms with Crippen LogP contribution in [-0.4, -0.2) is 10.2 Å². The Hall–Kier alpha value is -0.830. The lowest BCUT2D eigenvalue weighted by atomic mass is 10.3. The zero-order chi connectivity index (χ0) is 9.35. The van der Waals surface area contributed by atoms with Crippen LogP contribution in [0.5, 0.6) is 0 Å². The predicted molar refractivity (Wildman–Crippen MR) is 36.2 cm³/mol. The number of nitrogens with zero attached hydrogens (tertiary/aromatic N) is 2. The summed E-state index contributed by atoms with van der Waals surface area (Å²) in [7, 11) is 0. The number of hydrogen-bond acceptors (Lipinski definition) is 3. The van der Waals surface area contributed by atoms with Crippen molar-refractivity contribution in [2.24, 2.45) is 0 Å². The molecule has 3 nitrogen and oxygen atoms in total. The molecule has 0 aromatic carbocycles. The van der Waals surface area contributed by atoms with E-state index in [1.807, 2.05) is 0 Å². The van der Waals surface area contributed by atoms with E-state index in [4.69, 9.17) is 21.4 Å². The number of halogens is 1. The Morgan fingerprint density at radius 2 is 2.56 bits per heavy atom. The highest BCUT2D eigenvalue weighted by atomic mass is 35.5. The third kappa shape index (κ3) is 1.29. The molecule has 0 fully saturated rings. The maximum Gasteiger partial charge on any atom is 0.152 e. The fourth-order valence-electron chi connectivity index (χ4n) is 0.377.